The van der Waals surface area contributed by atoms with Gasteiger partial charge < -0.3 is 0 Å². The van der Waals surface area contributed by atoms with Crippen LogP contribution in [-0.4, -0.2) is 33.0 Å². The maximum atomic E-state index is 2.30. The summed E-state index contributed by atoms with van der Waals surface area (Å²) in [5.74, 6) is 0. The first kappa shape index (κ1) is 5.57. The van der Waals surface area contributed by atoms with Gasteiger partial charge in [-0.15, -0.1) is 0 Å². The number of hydrogen-bond acceptors (Lipinski definition) is 0. The number of fused-ring (bicyclic) bond motifs is 1. The predicted octanol–water partition coefficient (Wildman–Crippen LogP) is 0.954. The molecule has 40 valence electrons. The summed E-state index contributed by atoms with van der Waals surface area (Å²) in [6.07, 6.45) is 0. The van der Waals surface area contributed by atoms with Crippen LogP contribution in [0.4, 0.5) is 0 Å². The predicted molar refractivity (Wildman–Crippen MR) is 37.8 cm³/mol. The quantitative estimate of drug-likeness (QED) is 0.631. The topological polar surface area (TPSA) is 0 Å². The van der Waals surface area contributed by atoms with E-state index in [0.29, 0.717) is 33.0 Å². The Kier molecular flexibility index (Phi) is 1.53. The Morgan fingerprint density at radius 2 is 1.38 bits per heavy atom. The molecule has 1 aromatic carbocycles. The first-order valence-corrected chi connectivity index (χ1v) is 12.1. The maximum absolute atomic E-state index is 2.30. The van der Waals surface area contributed by atoms with Crippen LogP contribution < -0.4 is 0 Å². The molecule has 0 fully saturated rings. The Morgan fingerprint density at radius 3 is 1.62 bits per heavy atom. The van der Waals surface area contributed by atoms with Crippen LogP contribution in [0, 0.1) is 0 Å². The number of hydrogen-bond donors (Lipinski definition) is 0. The molecule has 2 rings (SSSR count). The van der Waals surface area contributed by atoms with Crippen LogP contribution in [0.2, 0.25) is 0 Å². The first-order valence-electron chi connectivity index (χ1n) is 2.40. The first-order chi connectivity index (χ1) is 3.97. The van der Waals surface area contributed by atoms with Crippen molar-refractivity contribution in [3.05, 3.63) is 24.3 Å². The molecule has 1 aromatic heterocycles. The van der Waals surface area contributed by atoms with Crippen molar-refractivity contribution >= 4 is 39.8 Å². The van der Waals surface area contributed by atoms with E-state index in [9.17, 15) is 0 Å². The zero-order chi connectivity index (χ0) is 5.40. The Labute approximate surface area is 63.5 Å². The molecule has 0 atom stereocenters. The summed E-state index contributed by atoms with van der Waals surface area (Å²) < 4.78 is 3.47. The summed E-state index contributed by atoms with van der Waals surface area (Å²) >= 11 is 0.901. The van der Waals surface area contributed by atoms with Crippen molar-refractivity contribution < 1.29 is 0 Å². The molecule has 2 aromatic rings. The zero-order valence-electron chi connectivity index (χ0n) is 4.13. The molecule has 0 aliphatic rings. The van der Waals surface area contributed by atoms with Gasteiger partial charge in [-0.05, 0) is 0 Å². The number of benzene rings is 1. The van der Waals surface area contributed by atoms with Crippen molar-refractivity contribution in [1.82, 2.24) is 0 Å². The normalized spacial score (nSPS) is 10.5. The van der Waals surface area contributed by atoms with Gasteiger partial charge in [0.05, 0.1) is 0 Å². The van der Waals surface area contributed by atoms with E-state index in [0.717, 1.165) is 0 Å². The summed E-state index contributed by atoms with van der Waals surface area (Å²) in [6.45, 7) is 0. The van der Waals surface area contributed by atoms with Crippen LogP contribution in [0.25, 0.3) is 6.80 Å². The fraction of sp³-hybridized carbons (Fsp3) is 0. The van der Waals surface area contributed by atoms with Gasteiger partial charge in [0.2, 0.25) is 0 Å². The second-order valence-corrected chi connectivity index (χ2v) is 11.5. The second-order valence-electron chi connectivity index (χ2n) is 1.61. The van der Waals surface area contributed by atoms with Crippen molar-refractivity contribution in [2.75, 3.05) is 0 Å². The van der Waals surface area contributed by atoms with E-state index < -0.39 is 0 Å². The average Bonchev–Trinajstić information content (AvgIpc) is 1.72. The fourth-order valence-corrected chi connectivity index (χ4v) is 9.99. The molecular weight excluding hydrogens is 327 g/mol. The van der Waals surface area contributed by atoms with E-state index in [4.69, 9.17) is 0 Å². The molecule has 0 radical (unpaired) electrons. The summed E-state index contributed by atoms with van der Waals surface area (Å²) in [5.41, 5.74) is 0. The van der Waals surface area contributed by atoms with Crippen LogP contribution in [0.3, 0.4) is 0 Å². The molecule has 0 unspecified atom stereocenters. The van der Waals surface area contributed by atoms with E-state index in [2.05, 4.69) is 24.3 Å². The van der Waals surface area contributed by atoms with E-state index in [1.165, 1.54) is 0 Å². The molecule has 0 saturated carbocycles. The van der Waals surface area contributed by atoms with Gasteiger partial charge in [-0.1, -0.05) is 0 Å². The van der Waals surface area contributed by atoms with Gasteiger partial charge in [-0.25, -0.2) is 0 Å². The third kappa shape index (κ3) is 0.810. The molecule has 0 amide bonds. The molecule has 2 heteroatoms. The van der Waals surface area contributed by atoms with Crippen molar-refractivity contribution in [1.29, 1.82) is 0 Å². The second kappa shape index (κ2) is 2.20. The van der Waals surface area contributed by atoms with E-state index in [1.54, 1.807) is 6.80 Å². The molecule has 8 heavy (non-hydrogen) atoms. The molecule has 0 aliphatic carbocycles. The Balaban J connectivity index is 2.88. The molecule has 0 bridgehead atoms. The standard InChI is InChI=1S/C6H4Te2/c1-2-4-6-5(3-1)7-8-6/h1-4H. The molecular formula is C6H4Te2. The average molecular weight is 331 g/mol. The third-order valence-electron chi connectivity index (χ3n) is 1.07. The molecule has 0 saturated heterocycles. The van der Waals surface area contributed by atoms with Gasteiger partial charge in [0.1, 0.15) is 0 Å². The van der Waals surface area contributed by atoms with E-state index in [-0.39, 0.29) is 0 Å². The minimum absolute atomic E-state index is 0.450. The summed E-state index contributed by atoms with van der Waals surface area (Å²) in [5, 5.41) is 0. The molecule has 1 heterocycles. The van der Waals surface area contributed by atoms with Crippen LogP contribution in [0.1, 0.15) is 0 Å². The minimum atomic E-state index is 0.450. The van der Waals surface area contributed by atoms with Crippen molar-refractivity contribution in [2.24, 2.45) is 0 Å². The number of rotatable bonds is 0. The van der Waals surface area contributed by atoms with Gasteiger partial charge in [-0.2, -0.15) is 0 Å². The Hall–Kier alpha value is 0.799. The zero-order valence-corrected chi connectivity index (χ0v) is 8.79. The Morgan fingerprint density at radius 1 is 0.875 bits per heavy atom. The molecule has 0 aliphatic heterocycles. The van der Waals surface area contributed by atoms with Crippen LogP contribution in [-0.2, 0) is 0 Å². The summed E-state index contributed by atoms with van der Waals surface area (Å²) in [6, 6.07) is 8.92. The van der Waals surface area contributed by atoms with E-state index in [1.807, 2.05) is 0 Å². The summed E-state index contributed by atoms with van der Waals surface area (Å²) in [7, 11) is 0. The monoisotopic (exact) mass is 336 g/mol. The van der Waals surface area contributed by atoms with Crippen LogP contribution in [0.15, 0.2) is 24.3 Å². The molecule has 0 N–H and O–H groups in total. The molecule has 0 nitrogen and oxygen atoms in total. The van der Waals surface area contributed by atoms with Gasteiger partial charge in [0, 0.05) is 0 Å². The van der Waals surface area contributed by atoms with Crippen molar-refractivity contribution in [3.8, 4) is 0 Å². The Bertz CT molecular complexity index is 249. The van der Waals surface area contributed by atoms with Crippen molar-refractivity contribution in [3.63, 3.8) is 0 Å². The van der Waals surface area contributed by atoms with Crippen molar-refractivity contribution in [2.45, 2.75) is 0 Å². The van der Waals surface area contributed by atoms with Crippen LogP contribution >= 0.6 is 0 Å². The van der Waals surface area contributed by atoms with E-state index >= 15 is 0 Å². The van der Waals surface area contributed by atoms with Gasteiger partial charge in [0.15, 0.2) is 0 Å². The third-order valence-corrected chi connectivity index (χ3v) is 14.1. The van der Waals surface area contributed by atoms with Gasteiger partial charge in [-0.3, -0.25) is 0 Å². The van der Waals surface area contributed by atoms with Gasteiger partial charge >= 0.3 is 64.1 Å². The van der Waals surface area contributed by atoms with Crippen LogP contribution in [0.5, 0.6) is 0 Å². The SMILES string of the molecule is c1ccc2[te][te]c2c1. The fourth-order valence-electron chi connectivity index (χ4n) is 0.644. The van der Waals surface area contributed by atoms with Gasteiger partial charge in [0.25, 0.3) is 0 Å². The molecule has 0 spiro atoms. The summed E-state index contributed by atoms with van der Waals surface area (Å²) in [4.78, 5) is 0.